The van der Waals surface area contributed by atoms with Crippen LogP contribution in [0.2, 0.25) is 5.15 Å². The summed E-state index contributed by atoms with van der Waals surface area (Å²) >= 11 is 5.81. The Bertz CT molecular complexity index is 714. The van der Waals surface area contributed by atoms with E-state index in [0.717, 1.165) is 6.07 Å². The predicted molar refractivity (Wildman–Crippen MR) is 78.0 cm³/mol. The maximum atomic E-state index is 12.6. The highest BCUT2D eigenvalue weighted by molar-refractivity contribution is 6.30. The molecule has 0 aliphatic carbocycles. The number of pyridine rings is 1. The zero-order chi connectivity index (χ0) is 17.2. The molecule has 9 heteroatoms. The second-order valence-electron chi connectivity index (χ2n) is 4.85. The first kappa shape index (κ1) is 17.3. The molecule has 0 aliphatic heterocycles. The van der Waals surface area contributed by atoms with Gasteiger partial charge in [-0.15, -0.1) is 0 Å². The minimum atomic E-state index is -4.57. The topological polar surface area (TPSA) is 59.8 Å². The Balaban J connectivity index is 2.14. The Morgan fingerprint density at radius 2 is 2.13 bits per heavy atom. The minimum absolute atomic E-state index is 0.295. The molecule has 0 saturated carbocycles. The van der Waals surface area contributed by atoms with Gasteiger partial charge in [-0.3, -0.25) is 9.48 Å². The van der Waals surface area contributed by atoms with Crippen molar-refractivity contribution in [2.75, 3.05) is 0 Å². The normalized spacial score (nSPS) is 13.0. The second-order valence-corrected chi connectivity index (χ2v) is 5.21. The summed E-state index contributed by atoms with van der Waals surface area (Å²) in [5.41, 5.74) is -0.417. The quantitative estimate of drug-likeness (QED) is 0.862. The van der Waals surface area contributed by atoms with Crippen LogP contribution >= 0.6 is 11.6 Å². The maximum Gasteiger partial charge on any atom is 0.433 e. The summed E-state index contributed by atoms with van der Waals surface area (Å²) in [5.74, 6) is -0.395. The fourth-order valence-electron chi connectivity index (χ4n) is 1.94. The molecule has 0 saturated heterocycles. The van der Waals surface area contributed by atoms with Crippen molar-refractivity contribution in [1.29, 1.82) is 0 Å². The van der Waals surface area contributed by atoms with Crippen LogP contribution in [-0.2, 0) is 12.7 Å². The molecule has 124 valence electrons. The molecule has 0 radical (unpaired) electrons. The van der Waals surface area contributed by atoms with Gasteiger partial charge in [0.15, 0.2) is 0 Å². The second kappa shape index (κ2) is 6.57. The molecule has 1 unspecified atom stereocenters. The van der Waals surface area contributed by atoms with Crippen molar-refractivity contribution in [3.8, 4) is 0 Å². The van der Waals surface area contributed by atoms with E-state index in [1.54, 1.807) is 17.8 Å². The molecule has 23 heavy (non-hydrogen) atoms. The third-order valence-electron chi connectivity index (χ3n) is 3.20. The van der Waals surface area contributed by atoms with Crippen LogP contribution in [0.15, 0.2) is 24.5 Å². The van der Waals surface area contributed by atoms with Crippen molar-refractivity contribution in [3.63, 3.8) is 0 Å². The number of hydrogen-bond donors (Lipinski definition) is 1. The number of carbonyl (C=O) groups is 1. The molecule has 0 aliphatic rings. The lowest BCUT2D eigenvalue weighted by atomic mass is 10.1. The van der Waals surface area contributed by atoms with Crippen LogP contribution in [0.3, 0.4) is 0 Å². The number of hydrogen-bond acceptors (Lipinski definition) is 3. The zero-order valence-electron chi connectivity index (χ0n) is 12.4. The number of nitrogens with zero attached hydrogens (tertiary/aromatic N) is 3. The van der Waals surface area contributed by atoms with Gasteiger partial charge < -0.3 is 5.32 Å². The van der Waals surface area contributed by atoms with Gasteiger partial charge in [-0.05, 0) is 19.9 Å². The number of halogens is 4. The summed E-state index contributed by atoms with van der Waals surface area (Å²) in [6.07, 6.45) is -1.57. The minimum Gasteiger partial charge on any atom is -0.345 e. The first-order chi connectivity index (χ1) is 10.7. The SMILES string of the molecule is CCn1cc(C(=O)NC(C)c2ccc(C(F)(F)F)nc2Cl)cn1. The van der Waals surface area contributed by atoms with E-state index in [-0.39, 0.29) is 5.15 Å². The van der Waals surface area contributed by atoms with Crippen LogP contribution < -0.4 is 5.32 Å². The molecular formula is C14H14ClF3N4O. The molecule has 2 rings (SSSR count). The smallest absolute Gasteiger partial charge is 0.345 e. The van der Waals surface area contributed by atoms with E-state index >= 15 is 0 Å². The Labute approximate surface area is 135 Å². The van der Waals surface area contributed by atoms with Crippen molar-refractivity contribution in [3.05, 3.63) is 46.5 Å². The van der Waals surface area contributed by atoms with E-state index in [1.165, 1.54) is 12.3 Å². The average molecular weight is 347 g/mol. The van der Waals surface area contributed by atoms with Crippen LogP contribution in [0.1, 0.15) is 41.5 Å². The van der Waals surface area contributed by atoms with Gasteiger partial charge in [0, 0.05) is 18.3 Å². The van der Waals surface area contributed by atoms with Crippen LogP contribution in [-0.4, -0.2) is 20.7 Å². The maximum absolute atomic E-state index is 12.6. The fourth-order valence-corrected chi connectivity index (χ4v) is 2.26. The summed E-state index contributed by atoms with van der Waals surface area (Å²) in [6.45, 7) is 4.11. The molecule has 2 aromatic heterocycles. The largest absolute Gasteiger partial charge is 0.433 e. The Morgan fingerprint density at radius 1 is 1.43 bits per heavy atom. The lowest BCUT2D eigenvalue weighted by Gasteiger charge is -2.16. The first-order valence-electron chi connectivity index (χ1n) is 6.79. The molecular weight excluding hydrogens is 333 g/mol. The molecule has 0 bridgehead atoms. The van der Waals surface area contributed by atoms with Crippen LogP contribution in [0.25, 0.3) is 0 Å². The van der Waals surface area contributed by atoms with Crippen molar-refractivity contribution >= 4 is 17.5 Å². The highest BCUT2D eigenvalue weighted by Gasteiger charge is 2.33. The molecule has 1 atom stereocenters. The Kier molecular flexibility index (Phi) is 4.93. The monoisotopic (exact) mass is 346 g/mol. The highest BCUT2D eigenvalue weighted by atomic mass is 35.5. The standard InChI is InChI=1S/C14H14ClF3N4O/c1-3-22-7-9(6-19-22)13(23)20-8(2)10-4-5-11(14(16,17)18)21-12(10)15/h4-8H,3H2,1-2H3,(H,20,23). The van der Waals surface area contributed by atoms with E-state index in [2.05, 4.69) is 15.4 Å². The van der Waals surface area contributed by atoms with Crippen molar-refractivity contribution in [2.24, 2.45) is 0 Å². The van der Waals surface area contributed by atoms with Gasteiger partial charge >= 0.3 is 6.18 Å². The number of amides is 1. The van der Waals surface area contributed by atoms with Gasteiger partial charge in [-0.1, -0.05) is 17.7 Å². The Morgan fingerprint density at radius 3 is 2.65 bits per heavy atom. The summed E-state index contributed by atoms with van der Waals surface area (Å²) in [6, 6.07) is 1.44. The number of aryl methyl sites for hydroxylation is 1. The fraction of sp³-hybridized carbons (Fsp3) is 0.357. The van der Waals surface area contributed by atoms with Gasteiger partial charge in [0.1, 0.15) is 10.8 Å². The summed E-state index contributed by atoms with van der Waals surface area (Å²) in [5, 5.41) is 6.34. The van der Waals surface area contributed by atoms with Crippen LogP contribution in [0.4, 0.5) is 13.2 Å². The lowest BCUT2D eigenvalue weighted by Crippen LogP contribution is -2.27. The van der Waals surface area contributed by atoms with Crippen molar-refractivity contribution in [2.45, 2.75) is 32.6 Å². The third-order valence-corrected chi connectivity index (χ3v) is 3.50. The van der Waals surface area contributed by atoms with Crippen LogP contribution in [0.5, 0.6) is 0 Å². The number of aromatic nitrogens is 3. The zero-order valence-corrected chi connectivity index (χ0v) is 13.1. The molecule has 5 nitrogen and oxygen atoms in total. The van der Waals surface area contributed by atoms with E-state index < -0.39 is 23.8 Å². The number of alkyl halides is 3. The molecule has 0 spiro atoms. The number of rotatable bonds is 4. The van der Waals surface area contributed by atoms with Gasteiger partial charge in [0.25, 0.3) is 5.91 Å². The average Bonchev–Trinajstić information content (AvgIpc) is 2.95. The summed E-state index contributed by atoms with van der Waals surface area (Å²) in [4.78, 5) is 15.4. The Hall–Kier alpha value is -2.09. The lowest BCUT2D eigenvalue weighted by molar-refractivity contribution is -0.141. The summed E-state index contributed by atoms with van der Waals surface area (Å²) in [7, 11) is 0. The molecule has 1 N–H and O–H groups in total. The first-order valence-corrected chi connectivity index (χ1v) is 7.17. The van der Waals surface area contributed by atoms with E-state index in [0.29, 0.717) is 17.7 Å². The summed E-state index contributed by atoms with van der Waals surface area (Å²) < 4.78 is 39.3. The number of nitrogens with one attached hydrogen (secondary N) is 1. The van der Waals surface area contributed by atoms with Gasteiger partial charge in [0.2, 0.25) is 0 Å². The molecule has 0 fully saturated rings. The van der Waals surface area contributed by atoms with Gasteiger partial charge in [-0.25, -0.2) is 4.98 Å². The van der Waals surface area contributed by atoms with E-state index in [9.17, 15) is 18.0 Å². The molecule has 2 heterocycles. The molecule has 1 amide bonds. The molecule has 2 aromatic rings. The molecule has 0 aromatic carbocycles. The van der Waals surface area contributed by atoms with Gasteiger partial charge in [-0.2, -0.15) is 18.3 Å². The number of carbonyl (C=O) groups excluding carboxylic acids is 1. The van der Waals surface area contributed by atoms with Crippen LogP contribution in [0, 0.1) is 0 Å². The third kappa shape index (κ3) is 4.01. The van der Waals surface area contributed by atoms with Crippen molar-refractivity contribution < 1.29 is 18.0 Å². The van der Waals surface area contributed by atoms with Crippen molar-refractivity contribution in [1.82, 2.24) is 20.1 Å². The van der Waals surface area contributed by atoms with Gasteiger partial charge in [0.05, 0.1) is 17.8 Å². The van der Waals surface area contributed by atoms with E-state index in [1.807, 2.05) is 6.92 Å². The van der Waals surface area contributed by atoms with E-state index in [4.69, 9.17) is 11.6 Å². The highest BCUT2D eigenvalue weighted by Crippen LogP contribution is 2.31. The predicted octanol–water partition coefficient (Wildman–Crippen LogP) is 3.46.